The largest absolute Gasteiger partial charge is 0.486 e. The zero-order valence-electron chi connectivity index (χ0n) is 15.2. The summed E-state index contributed by atoms with van der Waals surface area (Å²) in [5, 5.41) is 13.9. The first kappa shape index (κ1) is 19.5. The molecule has 7 heteroatoms. The molecule has 1 amide bonds. The zero-order chi connectivity index (χ0) is 19.2. The van der Waals surface area contributed by atoms with Crippen molar-refractivity contribution >= 4 is 23.2 Å². The van der Waals surface area contributed by atoms with Gasteiger partial charge in [-0.1, -0.05) is 30.7 Å². The number of halogens is 1. The maximum Gasteiger partial charge on any atom is 0.238 e. The Bertz CT molecular complexity index is 799. The van der Waals surface area contributed by atoms with E-state index in [0.29, 0.717) is 48.5 Å². The van der Waals surface area contributed by atoms with E-state index < -0.39 is 6.10 Å². The number of aliphatic hydroxyl groups excluding tert-OH is 1. The van der Waals surface area contributed by atoms with Crippen molar-refractivity contribution in [3.05, 3.63) is 53.1 Å². The zero-order valence-corrected chi connectivity index (χ0v) is 15.9. The van der Waals surface area contributed by atoms with E-state index in [-0.39, 0.29) is 12.5 Å². The highest BCUT2D eigenvalue weighted by atomic mass is 35.5. The van der Waals surface area contributed by atoms with Gasteiger partial charge in [-0.05, 0) is 36.4 Å². The topological polar surface area (TPSA) is 71.0 Å². The van der Waals surface area contributed by atoms with Crippen LogP contribution < -0.4 is 14.8 Å². The monoisotopic (exact) mass is 390 g/mol. The second-order valence-corrected chi connectivity index (χ2v) is 6.74. The number of ether oxygens (including phenoxy) is 2. The highest BCUT2D eigenvalue weighted by Gasteiger charge is 2.17. The molecule has 3 rings (SSSR count). The molecule has 2 aromatic carbocycles. The lowest BCUT2D eigenvalue weighted by Crippen LogP contribution is -2.36. The van der Waals surface area contributed by atoms with Crippen LogP contribution in [0.5, 0.6) is 11.5 Å². The van der Waals surface area contributed by atoms with E-state index in [2.05, 4.69) is 5.32 Å². The first-order chi connectivity index (χ1) is 13.0. The minimum absolute atomic E-state index is 0.160. The Labute approximate surface area is 163 Å². The van der Waals surface area contributed by atoms with E-state index in [9.17, 15) is 9.90 Å². The Morgan fingerprint density at radius 2 is 2.00 bits per heavy atom. The lowest BCUT2D eigenvalue weighted by Gasteiger charge is -2.23. The lowest BCUT2D eigenvalue weighted by atomic mass is 10.1. The summed E-state index contributed by atoms with van der Waals surface area (Å²) in [7, 11) is 0. The highest BCUT2D eigenvalue weighted by molar-refractivity contribution is 6.30. The van der Waals surface area contributed by atoms with E-state index in [0.717, 1.165) is 5.56 Å². The fourth-order valence-electron chi connectivity index (χ4n) is 2.89. The normalized spacial score (nSPS) is 14.1. The number of anilines is 1. The molecule has 1 atom stereocenters. The van der Waals surface area contributed by atoms with Crippen molar-refractivity contribution in [2.45, 2.75) is 13.0 Å². The van der Waals surface area contributed by atoms with Crippen LogP contribution in [-0.2, 0) is 4.79 Å². The third-order valence-corrected chi connectivity index (χ3v) is 4.54. The quantitative estimate of drug-likeness (QED) is 0.760. The summed E-state index contributed by atoms with van der Waals surface area (Å²) in [5.41, 5.74) is 1.38. The number of amides is 1. The molecule has 2 aromatic rings. The maximum absolute atomic E-state index is 12.4. The van der Waals surface area contributed by atoms with Gasteiger partial charge in [-0.25, -0.2) is 0 Å². The number of carbonyl (C=O) groups excluding carboxylic acids is 1. The molecule has 0 spiro atoms. The molecule has 0 saturated carbocycles. The van der Waals surface area contributed by atoms with Crippen molar-refractivity contribution in [2.75, 3.05) is 38.2 Å². The summed E-state index contributed by atoms with van der Waals surface area (Å²) in [6.07, 6.45) is -0.717. The number of rotatable bonds is 7. The Morgan fingerprint density at radius 3 is 2.74 bits per heavy atom. The number of hydrogen-bond acceptors (Lipinski definition) is 5. The van der Waals surface area contributed by atoms with E-state index in [1.807, 2.05) is 17.9 Å². The van der Waals surface area contributed by atoms with Crippen LogP contribution in [0.15, 0.2) is 42.5 Å². The van der Waals surface area contributed by atoms with Gasteiger partial charge in [0, 0.05) is 23.3 Å². The van der Waals surface area contributed by atoms with Gasteiger partial charge in [0.25, 0.3) is 0 Å². The van der Waals surface area contributed by atoms with Crippen molar-refractivity contribution in [2.24, 2.45) is 0 Å². The first-order valence-corrected chi connectivity index (χ1v) is 9.28. The average molecular weight is 391 g/mol. The molecule has 0 radical (unpaired) electrons. The van der Waals surface area contributed by atoms with Crippen LogP contribution >= 0.6 is 11.6 Å². The Hall–Kier alpha value is -2.28. The third kappa shape index (κ3) is 5.35. The van der Waals surface area contributed by atoms with Gasteiger partial charge in [0.05, 0.1) is 12.6 Å². The molecule has 0 fully saturated rings. The van der Waals surface area contributed by atoms with E-state index in [1.165, 1.54) is 0 Å². The van der Waals surface area contributed by atoms with Crippen molar-refractivity contribution in [1.29, 1.82) is 0 Å². The SMILES string of the molecule is CCN(CC(=O)Nc1ccc2c(c1)OCCO2)CC(O)c1cccc(Cl)c1. The highest BCUT2D eigenvalue weighted by Crippen LogP contribution is 2.32. The van der Waals surface area contributed by atoms with E-state index >= 15 is 0 Å². The summed E-state index contributed by atoms with van der Waals surface area (Å²) < 4.78 is 11.0. The lowest BCUT2D eigenvalue weighted by molar-refractivity contribution is -0.117. The summed E-state index contributed by atoms with van der Waals surface area (Å²) in [4.78, 5) is 14.3. The second kappa shape index (κ2) is 9.08. The number of aliphatic hydroxyl groups is 1. The average Bonchev–Trinajstić information content (AvgIpc) is 2.67. The minimum atomic E-state index is -0.717. The Balaban J connectivity index is 1.56. The fourth-order valence-corrected chi connectivity index (χ4v) is 3.09. The molecule has 144 valence electrons. The molecule has 0 aromatic heterocycles. The summed E-state index contributed by atoms with van der Waals surface area (Å²) >= 11 is 5.98. The maximum atomic E-state index is 12.4. The number of fused-ring (bicyclic) bond motifs is 1. The van der Waals surface area contributed by atoms with Crippen LogP contribution in [0.2, 0.25) is 5.02 Å². The third-order valence-electron chi connectivity index (χ3n) is 4.30. The molecular weight excluding hydrogens is 368 g/mol. The van der Waals surface area contributed by atoms with Crippen LogP contribution in [0.3, 0.4) is 0 Å². The van der Waals surface area contributed by atoms with Gasteiger partial charge < -0.3 is 19.9 Å². The number of likely N-dealkylation sites (N-methyl/N-ethyl adjacent to an activating group) is 1. The Morgan fingerprint density at radius 1 is 1.22 bits per heavy atom. The summed E-state index contributed by atoms with van der Waals surface area (Å²) in [6.45, 7) is 4.11. The number of nitrogens with zero attached hydrogens (tertiary/aromatic N) is 1. The van der Waals surface area contributed by atoms with Gasteiger partial charge in [-0.15, -0.1) is 0 Å². The van der Waals surface area contributed by atoms with Crippen molar-refractivity contribution in [3.8, 4) is 11.5 Å². The number of carbonyl (C=O) groups is 1. The fraction of sp³-hybridized carbons (Fsp3) is 0.350. The summed E-state index contributed by atoms with van der Waals surface area (Å²) in [5.74, 6) is 1.15. The van der Waals surface area contributed by atoms with Crippen LogP contribution in [0, 0.1) is 0 Å². The standard InChI is InChI=1S/C20H23ClN2O4/c1-2-23(12-17(24)14-4-3-5-15(21)10-14)13-20(25)22-16-6-7-18-19(11-16)27-9-8-26-18/h3-7,10-11,17,24H,2,8-9,12-13H2,1H3,(H,22,25). The molecule has 0 saturated heterocycles. The number of hydrogen-bond donors (Lipinski definition) is 2. The van der Waals surface area contributed by atoms with Crippen LogP contribution in [0.25, 0.3) is 0 Å². The molecule has 6 nitrogen and oxygen atoms in total. The minimum Gasteiger partial charge on any atom is -0.486 e. The molecule has 1 aliphatic heterocycles. The summed E-state index contributed by atoms with van der Waals surface area (Å²) in [6, 6.07) is 12.4. The predicted molar refractivity (Wildman–Crippen MR) is 105 cm³/mol. The molecule has 27 heavy (non-hydrogen) atoms. The van der Waals surface area contributed by atoms with Gasteiger partial charge in [-0.2, -0.15) is 0 Å². The number of nitrogens with one attached hydrogen (secondary N) is 1. The molecule has 0 bridgehead atoms. The van der Waals surface area contributed by atoms with E-state index in [1.54, 1.807) is 36.4 Å². The predicted octanol–water partition coefficient (Wildman–Crippen LogP) is 3.11. The molecule has 0 aliphatic carbocycles. The van der Waals surface area contributed by atoms with Crippen molar-refractivity contribution < 1.29 is 19.4 Å². The van der Waals surface area contributed by atoms with Crippen molar-refractivity contribution in [1.82, 2.24) is 4.90 Å². The Kier molecular flexibility index (Phi) is 6.55. The van der Waals surface area contributed by atoms with Crippen molar-refractivity contribution in [3.63, 3.8) is 0 Å². The van der Waals surface area contributed by atoms with Gasteiger partial charge in [0.1, 0.15) is 13.2 Å². The van der Waals surface area contributed by atoms with Gasteiger partial charge in [0.2, 0.25) is 5.91 Å². The molecule has 1 unspecified atom stereocenters. The number of benzene rings is 2. The van der Waals surface area contributed by atoms with E-state index in [4.69, 9.17) is 21.1 Å². The molecule has 2 N–H and O–H groups in total. The van der Waals surface area contributed by atoms with Crippen LogP contribution in [-0.4, -0.2) is 48.8 Å². The van der Waals surface area contributed by atoms with Gasteiger partial charge in [0.15, 0.2) is 11.5 Å². The smallest absolute Gasteiger partial charge is 0.238 e. The van der Waals surface area contributed by atoms with Crippen LogP contribution in [0.1, 0.15) is 18.6 Å². The van der Waals surface area contributed by atoms with Crippen LogP contribution in [0.4, 0.5) is 5.69 Å². The molecular formula is C20H23ClN2O4. The molecule has 1 heterocycles. The second-order valence-electron chi connectivity index (χ2n) is 6.31. The molecule has 1 aliphatic rings. The van der Waals surface area contributed by atoms with Gasteiger partial charge >= 0.3 is 0 Å². The van der Waals surface area contributed by atoms with Gasteiger partial charge in [-0.3, -0.25) is 9.69 Å². The first-order valence-electron chi connectivity index (χ1n) is 8.90.